The van der Waals surface area contributed by atoms with E-state index in [0.29, 0.717) is 6.04 Å². The Morgan fingerprint density at radius 2 is 2.00 bits per heavy atom. The van der Waals surface area contributed by atoms with Gasteiger partial charge in [-0.2, -0.15) is 0 Å². The second-order valence-corrected chi connectivity index (χ2v) is 5.91. The van der Waals surface area contributed by atoms with Crippen LogP contribution in [0.25, 0.3) is 0 Å². The molecule has 1 aliphatic carbocycles. The molecule has 1 aromatic rings. The zero-order valence-corrected chi connectivity index (χ0v) is 12.4. The Hall–Kier alpha value is -1.25. The van der Waals surface area contributed by atoms with Crippen molar-refractivity contribution in [2.75, 3.05) is 17.2 Å². The minimum absolute atomic E-state index is 0.590. The molecule has 0 radical (unpaired) electrons. The van der Waals surface area contributed by atoms with Crippen molar-refractivity contribution in [2.24, 2.45) is 11.8 Å². The predicted molar refractivity (Wildman–Crippen MR) is 82.6 cm³/mol. The summed E-state index contributed by atoms with van der Waals surface area (Å²) >= 11 is 0. The van der Waals surface area contributed by atoms with Gasteiger partial charge in [0.2, 0.25) is 0 Å². The molecule has 106 valence electrons. The first-order valence-electron chi connectivity index (χ1n) is 7.66. The first-order valence-corrected chi connectivity index (χ1v) is 7.66. The zero-order valence-electron chi connectivity index (χ0n) is 12.4. The molecule has 3 nitrogen and oxygen atoms in total. The van der Waals surface area contributed by atoms with E-state index in [1.165, 1.54) is 19.3 Å². The molecule has 0 amide bonds. The molecule has 1 saturated carbocycles. The van der Waals surface area contributed by atoms with Crippen LogP contribution in [-0.2, 0) is 0 Å². The van der Waals surface area contributed by atoms with Gasteiger partial charge in [0.05, 0.1) is 23.8 Å². The third-order valence-electron chi connectivity index (χ3n) is 4.38. The van der Waals surface area contributed by atoms with Gasteiger partial charge < -0.3 is 10.6 Å². The van der Waals surface area contributed by atoms with E-state index in [0.717, 1.165) is 36.2 Å². The van der Waals surface area contributed by atoms with Gasteiger partial charge in [-0.05, 0) is 30.7 Å². The van der Waals surface area contributed by atoms with Crippen LogP contribution < -0.4 is 10.6 Å². The fraction of sp³-hybridized carbons (Fsp3) is 0.688. The molecule has 1 heterocycles. The maximum Gasteiger partial charge on any atom is 0.0549 e. The minimum Gasteiger partial charge on any atom is -0.384 e. The molecule has 1 aromatic heterocycles. The smallest absolute Gasteiger partial charge is 0.0549 e. The molecule has 0 aliphatic heterocycles. The van der Waals surface area contributed by atoms with Crippen molar-refractivity contribution in [1.29, 1.82) is 0 Å². The molecule has 2 N–H and O–H groups in total. The minimum atomic E-state index is 0.590. The van der Waals surface area contributed by atoms with Crippen LogP contribution in [0.5, 0.6) is 0 Å². The van der Waals surface area contributed by atoms with Crippen LogP contribution in [0.3, 0.4) is 0 Å². The summed E-state index contributed by atoms with van der Waals surface area (Å²) in [4.78, 5) is 4.32. The largest absolute Gasteiger partial charge is 0.384 e. The maximum atomic E-state index is 4.32. The summed E-state index contributed by atoms with van der Waals surface area (Å²) in [6.45, 7) is 7.92. The van der Waals surface area contributed by atoms with E-state index in [4.69, 9.17) is 0 Å². The number of hydrogen-bond donors (Lipinski definition) is 2. The summed E-state index contributed by atoms with van der Waals surface area (Å²) in [5.74, 6) is 1.56. The Morgan fingerprint density at radius 3 is 2.79 bits per heavy atom. The molecular formula is C16H27N3. The fourth-order valence-corrected chi connectivity index (χ4v) is 2.88. The van der Waals surface area contributed by atoms with Crippen LogP contribution in [0.2, 0.25) is 0 Å². The lowest BCUT2D eigenvalue weighted by atomic mass is 9.78. The Kier molecular flexibility index (Phi) is 5.06. The van der Waals surface area contributed by atoms with Gasteiger partial charge in [-0.25, -0.2) is 0 Å². The highest BCUT2D eigenvalue weighted by Gasteiger charge is 2.26. The third-order valence-corrected chi connectivity index (χ3v) is 4.38. The summed E-state index contributed by atoms with van der Waals surface area (Å²) in [5, 5.41) is 7.06. The number of rotatable bonds is 5. The lowest BCUT2D eigenvalue weighted by molar-refractivity contribution is 0.253. The number of nitrogens with one attached hydrogen (secondary N) is 2. The van der Waals surface area contributed by atoms with E-state index in [1.807, 2.05) is 12.4 Å². The summed E-state index contributed by atoms with van der Waals surface area (Å²) in [7, 11) is 0. The number of pyridine rings is 1. The maximum absolute atomic E-state index is 4.32. The lowest BCUT2D eigenvalue weighted by Crippen LogP contribution is -2.35. The van der Waals surface area contributed by atoms with Crippen molar-refractivity contribution in [3.05, 3.63) is 18.5 Å². The Balaban J connectivity index is 1.98. The summed E-state index contributed by atoms with van der Waals surface area (Å²) in [6.07, 6.45) is 8.95. The van der Waals surface area contributed by atoms with Gasteiger partial charge in [0, 0.05) is 12.6 Å². The molecule has 3 unspecified atom stereocenters. The van der Waals surface area contributed by atoms with E-state index in [2.05, 4.69) is 42.5 Å². The average molecular weight is 261 g/mol. The average Bonchev–Trinajstić information content (AvgIpc) is 2.42. The van der Waals surface area contributed by atoms with E-state index in [9.17, 15) is 0 Å². The number of aromatic nitrogens is 1. The molecule has 0 saturated heterocycles. The summed E-state index contributed by atoms with van der Waals surface area (Å²) < 4.78 is 0. The molecule has 3 atom stereocenters. The van der Waals surface area contributed by atoms with Gasteiger partial charge >= 0.3 is 0 Å². The highest BCUT2D eigenvalue weighted by molar-refractivity contribution is 5.54. The summed E-state index contributed by atoms with van der Waals surface area (Å²) in [6, 6.07) is 2.77. The van der Waals surface area contributed by atoms with Crippen molar-refractivity contribution in [3.8, 4) is 0 Å². The zero-order chi connectivity index (χ0) is 13.7. The van der Waals surface area contributed by atoms with Crippen molar-refractivity contribution >= 4 is 11.4 Å². The van der Waals surface area contributed by atoms with Crippen LogP contribution in [0, 0.1) is 11.8 Å². The first-order chi connectivity index (χ1) is 9.20. The molecule has 0 bridgehead atoms. The van der Waals surface area contributed by atoms with Gasteiger partial charge in [0.15, 0.2) is 0 Å². The van der Waals surface area contributed by atoms with E-state index >= 15 is 0 Å². The Bertz CT molecular complexity index is 391. The Labute approximate surface area is 117 Å². The highest BCUT2D eigenvalue weighted by Crippen LogP contribution is 2.31. The van der Waals surface area contributed by atoms with E-state index < -0.39 is 0 Å². The highest BCUT2D eigenvalue weighted by atomic mass is 15.0. The monoisotopic (exact) mass is 261 g/mol. The molecule has 2 rings (SSSR count). The van der Waals surface area contributed by atoms with Crippen LogP contribution in [0.1, 0.15) is 46.5 Å². The van der Waals surface area contributed by atoms with Crippen LogP contribution in [0.4, 0.5) is 11.4 Å². The molecule has 19 heavy (non-hydrogen) atoms. The van der Waals surface area contributed by atoms with Gasteiger partial charge in [0.25, 0.3) is 0 Å². The van der Waals surface area contributed by atoms with Crippen molar-refractivity contribution in [1.82, 2.24) is 4.98 Å². The fourth-order valence-electron chi connectivity index (χ4n) is 2.88. The SMILES string of the molecule is CCCNc1cncc(NC2CCCC(C)C2C)c1. The van der Waals surface area contributed by atoms with Gasteiger partial charge in [-0.3, -0.25) is 4.98 Å². The molecule has 1 aliphatic rings. The van der Waals surface area contributed by atoms with Crippen molar-refractivity contribution in [2.45, 2.75) is 52.5 Å². The predicted octanol–water partition coefficient (Wildman–Crippen LogP) is 4.14. The van der Waals surface area contributed by atoms with Crippen molar-refractivity contribution < 1.29 is 0 Å². The van der Waals surface area contributed by atoms with Crippen LogP contribution in [-0.4, -0.2) is 17.6 Å². The second kappa shape index (κ2) is 6.78. The Morgan fingerprint density at radius 1 is 1.21 bits per heavy atom. The van der Waals surface area contributed by atoms with Crippen LogP contribution in [0.15, 0.2) is 18.5 Å². The number of hydrogen-bond acceptors (Lipinski definition) is 3. The van der Waals surface area contributed by atoms with Gasteiger partial charge in [0.1, 0.15) is 0 Å². The third kappa shape index (κ3) is 3.85. The summed E-state index contributed by atoms with van der Waals surface area (Å²) in [5.41, 5.74) is 2.26. The lowest BCUT2D eigenvalue weighted by Gasteiger charge is -2.35. The van der Waals surface area contributed by atoms with Gasteiger partial charge in [-0.15, -0.1) is 0 Å². The van der Waals surface area contributed by atoms with E-state index in [1.54, 1.807) is 0 Å². The molecule has 1 fully saturated rings. The van der Waals surface area contributed by atoms with Crippen LogP contribution >= 0.6 is 0 Å². The standard InChI is InChI=1S/C16H27N3/c1-4-8-18-14-9-15(11-17-10-14)19-16-7-5-6-12(2)13(16)3/h9-13,16,18-19H,4-8H2,1-3H3. The van der Waals surface area contributed by atoms with E-state index in [-0.39, 0.29) is 0 Å². The first kappa shape index (κ1) is 14.2. The van der Waals surface area contributed by atoms with Crippen molar-refractivity contribution in [3.63, 3.8) is 0 Å². The second-order valence-electron chi connectivity index (χ2n) is 5.91. The molecule has 0 spiro atoms. The number of nitrogens with zero attached hydrogens (tertiary/aromatic N) is 1. The molecule has 0 aromatic carbocycles. The normalized spacial score (nSPS) is 27.0. The molecule has 3 heteroatoms. The molecular weight excluding hydrogens is 234 g/mol. The van der Waals surface area contributed by atoms with Gasteiger partial charge in [-0.1, -0.05) is 33.6 Å². The quantitative estimate of drug-likeness (QED) is 0.836. The number of anilines is 2. The topological polar surface area (TPSA) is 37.0 Å².